The Hall–Kier alpha value is -6.43. The van der Waals surface area contributed by atoms with Gasteiger partial charge in [0.25, 0.3) is 0 Å². The number of fused-ring (bicyclic) bond motifs is 6. The third kappa shape index (κ3) is 5.47. The smallest absolute Gasteiger partial charge is 0.207 e. The lowest BCUT2D eigenvalue weighted by Crippen LogP contribution is -2.54. The molecular formula is C57H48N2O2S. The van der Waals surface area contributed by atoms with Gasteiger partial charge in [0, 0.05) is 38.6 Å². The normalized spacial score (nSPS) is 22.4. The SMILES string of the molecule is CC1C[C@H]2CC(C)C[C@H](C1)C21c2ccccc2S(=O)(=O)c2ccc(N(c3ccc(-c4ccc(-n5c6ccccc6c6ccccc65)cc4)cc3)c3cccc4ccccc34)cc21. The highest BCUT2D eigenvalue weighted by molar-refractivity contribution is 7.91. The highest BCUT2D eigenvalue weighted by atomic mass is 32.2. The Morgan fingerprint density at radius 3 is 1.68 bits per heavy atom. The van der Waals surface area contributed by atoms with Crippen LogP contribution in [-0.4, -0.2) is 13.0 Å². The molecule has 8 aromatic carbocycles. The summed E-state index contributed by atoms with van der Waals surface area (Å²) in [6.07, 6.45) is 4.42. The molecule has 2 aliphatic carbocycles. The van der Waals surface area contributed by atoms with Crippen molar-refractivity contribution in [2.75, 3.05) is 4.90 Å². The number of aromatic nitrogens is 1. The van der Waals surface area contributed by atoms with E-state index in [4.69, 9.17) is 0 Å². The first-order valence-corrected chi connectivity index (χ1v) is 23.7. The van der Waals surface area contributed by atoms with Crippen molar-refractivity contribution in [3.8, 4) is 16.8 Å². The molecule has 2 fully saturated rings. The second-order valence-corrected chi connectivity index (χ2v) is 20.3. The van der Waals surface area contributed by atoms with Crippen LogP contribution in [-0.2, 0) is 15.3 Å². The Bertz CT molecular complexity index is 3240. The summed E-state index contributed by atoms with van der Waals surface area (Å²) in [4.78, 5) is 3.34. The van der Waals surface area contributed by atoms with E-state index in [0.717, 1.165) is 81.5 Å². The first kappa shape index (κ1) is 37.3. The van der Waals surface area contributed by atoms with Crippen LogP contribution in [0.25, 0.3) is 49.4 Å². The Balaban J connectivity index is 0.998. The maximum atomic E-state index is 14.7. The highest BCUT2D eigenvalue weighted by Gasteiger charge is 2.59. The first-order chi connectivity index (χ1) is 30.3. The summed E-state index contributed by atoms with van der Waals surface area (Å²) in [6.45, 7) is 4.80. The summed E-state index contributed by atoms with van der Waals surface area (Å²) in [5.41, 5.74) is 10.5. The maximum absolute atomic E-state index is 14.7. The van der Waals surface area contributed by atoms with Gasteiger partial charge < -0.3 is 9.47 Å². The van der Waals surface area contributed by atoms with Crippen molar-refractivity contribution >= 4 is 59.5 Å². The van der Waals surface area contributed by atoms with Gasteiger partial charge in [-0.1, -0.05) is 129 Å². The molecule has 1 aliphatic heterocycles. The number of anilines is 3. The molecule has 0 unspecified atom stereocenters. The van der Waals surface area contributed by atoms with Crippen molar-refractivity contribution < 1.29 is 8.42 Å². The van der Waals surface area contributed by atoms with Crippen molar-refractivity contribution in [2.45, 2.75) is 54.7 Å². The van der Waals surface area contributed by atoms with Gasteiger partial charge in [0.1, 0.15) is 0 Å². The van der Waals surface area contributed by atoms with Crippen LogP contribution in [0.1, 0.15) is 50.7 Å². The van der Waals surface area contributed by atoms with Gasteiger partial charge in [0.15, 0.2) is 0 Å². The molecule has 2 saturated carbocycles. The van der Waals surface area contributed by atoms with Crippen LogP contribution in [0.15, 0.2) is 192 Å². The van der Waals surface area contributed by atoms with E-state index in [2.05, 4.69) is 181 Å². The summed E-state index contributed by atoms with van der Waals surface area (Å²) in [5, 5.41) is 4.81. The molecule has 12 rings (SSSR count). The molecule has 0 atom stereocenters. The van der Waals surface area contributed by atoms with Crippen LogP contribution in [0.2, 0.25) is 0 Å². The monoisotopic (exact) mass is 824 g/mol. The van der Waals surface area contributed by atoms with Crippen LogP contribution in [0.5, 0.6) is 0 Å². The molecule has 0 radical (unpaired) electrons. The van der Waals surface area contributed by atoms with Gasteiger partial charge in [-0.05, 0) is 144 Å². The first-order valence-electron chi connectivity index (χ1n) is 22.3. The number of para-hydroxylation sites is 2. The van der Waals surface area contributed by atoms with Gasteiger partial charge >= 0.3 is 0 Å². The fourth-order valence-corrected chi connectivity index (χ4v) is 14.2. The summed E-state index contributed by atoms with van der Waals surface area (Å²) in [6, 6.07) is 64.3. The number of sulfone groups is 1. The molecule has 9 aromatic rings. The molecule has 0 N–H and O–H groups in total. The molecule has 5 heteroatoms. The molecule has 0 amide bonds. The lowest BCUT2D eigenvalue weighted by Gasteiger charge is -2.59. The van der Waals surface area contributed by atoms with Gasteiger partial charge in [-0.3, -0.25) is 0 Å². The van der Waals surface area contributed by atoms with E-state index in [-0.39, 0.29) is 5.41 Å². The minimum atomic E-state index is -3.74. The van der Waals surface area contributed by atoms with E-state index in [0.29, 0.717) is 33.5 Å². The van der Waals surface area contributed by atoms with Gasteiger partial charge in [-0.25, -0.2) is 8.42 Å². The zero-order valence-electron chi connectivity index (χ0n) is 35.1. The lowest BCUT2D eigenvalue weighted by atomic mass is 9.46. The number of hydrogen-bond donors (Lipinski definition) is 0. The molecule has 2 heterocycles. The Morgan fingerprint density at radius 2 is 1.02 bits per heavy atom. The third-order valence-electron chi connectivity index (χ3n) is 14.8. The molecule has 304 valence electrons. The second kappa shape index (κ2) is 14.1. The van der Waals surface area contributed by atoms with Crippen LogP contribution >= 0.6 is 0 Å². The minimum Gasteiger partial charge on any atom is -0.310 e. The second-order valence-electron chi connectivity index (χ2n) is 18.4. The van der Waals surface area contributed by atoms with E-state index in [1.165, 1.54) is 21.8 Å². The third-order valence-corrected chi connectivity index (χ3v) is 16.7. The van der Waals surface area contributed by atoms with Crippen LogP contribution in [0.3, 0.4) is 0 Å². The van der Waals surface area contributed by atoms with Gasteiger partial charge in [0.05, 0.1) is 26.5 Å². The standard InChI is InChI=1S/C57H48N2O2S/c1-37-32-42-34-38(2)35-43(33-37)57(42)50-17-7-10-21-55(50)62(60,61)56-31-30-46(36-51(56)57)58(52-20-11-13-41-12-3-4-14-47(41)52)44-26-22-39(23-27-44)40-24-28-45(29-25-40)59-53-18-8-5-15-48(53)49-16-6-9-19-54(49)59/h3-31,36-38,42-43H,32-35H2,1-2H3/t37?,38?,42-,43-,57?. The number of hydrogen-bond acceptors (Lipinski definition) is 3. The summed E-state index contributed by atoms with van der Waals surface area (Å²) >= 11 is 0. The van der Waals surface area contributed by atoms with Crippen molar-refractivity contribution in [1.29, 1.82) is 0 Å². The van der Waals surface area contributed by atoms with Crippen molar-refractivity contribution in [1.82, 2.24) is 4.57 Å². The fraction of sp³-hybridized carbons (Fsp3) is 0.193. The summed E-state index contributed by atoms with van der Waals surface area (Å²) < 4.78 is 31.8. The Labute approximate surface area is 364 Å². The maximum Gasteiger partial charge on any atom is 0.207 e. The van der Waals surface area contributed by atoms with E-state index < -0.39 is 9.84 Å². The van der Waals surface area contributed by atoms with Crippen molar-refractivity contribution in [3.05, 3.63) is 193 Å². The lowest BCUT2D eigenvalue weighted by molar-refractivity contribution is 0.0231. The molecular weight excluding hydrogens is 777 g/mol. The Morgan fingerprint density at radius 1 is 0.500 bits per heavy atom. The molecule has 2 bridgehead atoms. The van der Waals surface area contributed by atoms with Gasteiger partial charge in [-0.2, -0.15) is 0 Å². The van der Waals surface area contributed by atoms with E-state index in [9.17, 15) is 8.42 Å². The Kier molecular flexibility index (Phi) is 8.46. The predicted octanol–water partition coefficient (Wildman–Crippen LogP) is 14.6. The van der Waals surface area contributed by atoms with Gasteiger partial charge in [0.2, 0.25) is 9.84 Å². The van der Waals surface area contributed by atoms with Crippen LogP contribution in [0.4, 0.5) is 17.1 Å². The van der Waals surface area contributed by atoms with Gasteiger partial charge in [-0.15, -0.1) is 0 Å². The molecule has 0 saturated heterocycles. The zero-order chi connectivity index (χ0) is 41.7. The average molecular weight is 825 g/mol. The fourth-order valence-electron chi connectivity index (χ4n) is 12.4. The van der Waals surface area contributed by atoms with Crippen molar-refractivity contribution in [3.63, 3.8) is 0 Å². The highest BCUT2D eigenvalue weighted by Crippen LogP contribution is 2.64. The summed E-state index contributed by atoms with van der Waals surface area (Å²) in [5.74, 6) is 1.93. The van der Waals surface area contributed by atoms with E-state index >= 15 is 0 Å². The molecule has 62 heavy (non-hydrogen) atoms. The molecule has 1 spiro atoms. The van der Waals surface area contributed by atoms with Crippen LogP contribution in [0, 0.1) is 23.7 Å². The van der Waals surface area contributed by atoms with Crippen LogP contribution < -0.4 is 4.90 Å². The molecule has 3 aliphatic rings. The van der Waals surface area contributed by atoms with E-state index in [1.807, 2.05) is 24.3 Å². The molecule has 1 aromatic heterocycles. The predicted molar refractivity (Wildman–Crippen MR) is 255 cm³/mol. The average Bonchev–Trinajstić information content (AvgIpc) is 3.63. The largest absolute Gasteiger partial charge is 0.310 e. The van der Waals surface area contributed by atoms with E-state index in [1.54, 1.807) is 0 Å². The molecule has 4 nitrogen and oxygen atoms in total. The minimum absolute atomic E-state index is 0.359. The number of rotatable bonds is 5. The summed E-state index contributed by atoms with van der Waals surface area (Å²) in [7, 11) is -3.74. The topological polar surface area (TPSA) is 42.3 Å². The number of nitrogens with zero attached hydrogens (tertiary/aromatic N) is 2. The number of benzene rings is 8. The van der Waals surface area contributed by atoms with Crippen molar-refractivity contribution in [2.24, 2.45) is 23.7 Å². The zero-order valence-corrected chi connectivity index (χ0v) is 35.9. The quantitative estimate of drug-likeness (QED) is 0.174.